The summed E-state index contributed by atoms with van der Waals surface area (Å²) in [5.74, 6) is 1.05. The molecular formula is C26H32N2OS2. The monoisotopic (exact) mass is 452 g/mol. The van der Waals surface area contributed by atoms with E-state index in [-0.39, 0.29) is 5.56 Å². The van der Waals surface area contributed by atoms with Gasteiger partial charge >= 0.3 is 0 Å². The van der Waals surface area contributed by atoms with Gasteiger partial charge in [0.2, 0.25) is 0 Å². The third kappa shape index (κ3) is 4.11. The van der Waals surface area contributed by atoms with Gasteiger partial charge in [0.25, 0.3) is 5.56 Å². The second-order valence-electron chi connectivity index (χ2n) is 9.02. The van der Waals surface area contributed by atoms with E-state index in [1.807, 2.05) is 11.8 Å². The molecule has 3 nitrogen and oxygen atoms in total. The quantitative estimate of drug-likeness (QED) is 0.213. The van der Waals surface area contributed by atoms with E-state index in [1.165, 1.54) is 66.5 Å². The van der Waals surface area contributed by atoms with Gasteiger partial charge < -0.3 is 0 Å². The first-order valence-corrected chi connectivity index (χ1v) is 13.9. The Kier molecular flexibility index (Phi) is 6.51. The summed E-state index contributed by atoms with van der Waals surface area (Å²) in [5.41, 5.74) is 4.19. The van der Waals surface area contributed by atoms with Crippen molar-refractivity contribution in [3.05, 3.63) is 45.7 Å². The average molecular weight is 453 g/mol. The number of aryl methyl sites for hydroxylation is 2. The number of hydrogen-bond donors (Lipinski definition) is 0. The highest BCUT2D eigenvalue weighted by Gasteiger charge is 2.27. The number of aromatic nitrogens is 2. The molecule has 0 saturated heterocycles. The third-order valence-corrected chi connectivity index (χ3v) is 9.10. The van der Waals surface area contributed by atoms with Crippen molar-refractivity contribution in [2.24, 2.45) is 0 Å². The van der Waals surface area contributed by atoms with Gasteiger partial charge in [-0.2, -0.15) is 0 Å². The molecular weight excluding hydrogens is 420 g/mol. The Morgan fingerprint density at radius 3 is 2.77 bits per heavy atom. The molecule has 0 bridgehead atoms. The molecule has 31 heavy (non-hydrogen) atoms. The first kappa shape index (κ1) is 21.3. The molecule has 0 N–H and O–H groups in total. The lowest BCUT2D eigenvalue weighted by molar-refractivity contribution is 0.326. The van der Waals surface area contributed by atoms with Gasteiger partial charge in [0.05, 0.1) is 5.39 Å². The summed E-state index contributed by atoms with van der Waals surface area (Å²) in [6.07, 6.45) is 13.0. The highest BCUT2D eigenvalue weighted by atomic mass is 32.2. The van der Waals surface area contributed by atoms with Crippen LogP contribution < -0.4 is 5.56 Å². The minimum Gasteiger partial charge on any atom is -0.284 e. The van der Waals surface area contributed by atoms with Crippen LogP contribution in [-0.4, -0.2) is 15.3 Å². The first-order valence-electron chi connectivity index (χ1n) is 12.1. The van der Waals surface area contributed by atoms with Gasteiger partial charge in [0, 0.05) is 16.7 Å². The SMILES string of the molecule is CCCCCCSc1nc2sc3c(c2c(=O)n1C1CCCCC1)CCc1ccccc1-3. The van der Waals surface area contributed by atoms with E-state index in [1.54, 1.807) is 11.3 Å². The zero-order valence-electron chi connectivity index (χ0n) is 18.5. The third-order valence-electron chi connectivity index (χ3n) is 6.90. The largest absolute Gasteiger partial charge is 0.284 e. The van der Waals surface area contributed by atoms with E-state index < -0.39 is 0 Å². The maximum Gasteiger partial charge on any atom is 0.263 e. The molecule has 164 valence electrons. The second kappa shape index (κ2) is 9.50. The van der Waals surface area contributed by atoms with Crippen molar-refractivity contribution in [2.75, 3.05) is 5.75 Å². The maximum absolute atomic E-state index is 13.9. The number of thiophene rings is 1. The van der Waals surface area contributed by atoms with Crippen LogP contribution in [-0.2, 0) is 12.8 Å². The second-order valence-corrected chi connectivity index (χ2v) is 11.1. The van der Waals surface area contributed by atoms with Crippen molar-refractivity contribution in [3.8, 4) is 10.4 Å². The molecule has 3 aromatic rings. The van der Waals surface area contributed by atoms with Gasteiger partial charge in [-0.05, 0) is 48.8 Å². The van der Waals surface area contributed by atoms with Crippen LogP contribution in [0.1, 0.15) is 81.9 Å². The van der Waals surface area contributed by atoms with E-state index in [0.29, 0.717) is 6.04 Å². The van der Waals surface area contributed by atoms with Crippen LogP contribution in [0.5, 0.6) is 0 Å². The van der Waals surface area contributed by atoms with Gasteiger partial charge in [0.15, 0.2) is 5.16 Å². The molecule has 2 aromatic heterocycles. The molecule has 0 atom stereocenters. The van der Waals surface area contributed by atoms with Gasteiger partial charge in [-0.1, -0.05) is 81.5 Å². The van der Waals surface area contributed by atoms with Crippen LogP contribution >= 0.6 is 23.1 Å². The molecule has 2 heterocycles. The molecule has 5 heteroatoms. The molecule has 0 amide bonds. The first-order chi connectivity index (χ1) is 15.3. The summed E-state index contributed by atoms with van der Waals surface area (Å²) >= 11 is 3.55. The van der Waals surface area contributed by atoms with E-state index in [0.717, 1.165) is 46.8 Å². The number of fused-ring (bicyclic) bond motifs is 5. The van der Waals surface area contributed by atoms with E-state index in [2.05, 4.69) is 35.8 Å². The Morgan fingerprint density at radius 2 is 1.94 bits per heavy atom. The molecule has 0 radical (unpaired) electrons. The Labute approximate surface area is 193 Å². The van der Waals surface area contributed by atoms with Crippen LogP contribution in [0.3, 0.4) is 0 Å². The van der Waals surface area contributed by atoms with E-state index in [4.69, 9.17) is 4.98 Å². The molecule has 1 aromatic carbocycles. The summed E-state index contributed by atoms with van der Waals surface area (Å²) in [6, 6.07) is 9.00. The number of thioether (sulfide) groups is 1. The molecule has 0 aliphatic heterocycles. The fourth-order valence-corrected chi connectivity index (χ4v) is 7.62. The lowest BCUT2D eigenvalue weighted by Crippen LogP contribution is -2.29. The Bertz CT molecular complexity index is 1120. The standard InChI is InChI=1S/C26H32N2OS2/c1-2-3-4-10-17-30-26-27-24-22(25(29)28(26)19-12-6-5-7-13-19)21-16-15-18-11-8-9-14-20(18)23(21)31-24/h8-9,11,14,19H,2-7,10,12-13,15-17H2,1H3. The Balaban J connectivity index is 1.59. The highest BCUT2D eigenvalue weighted by Crippen LogP contribution is 2.43. The summed E-state index contributed by atoms with van der Waals surface area (Å²) in [4.78, 5) is 21.3. The summed E-state index contributed by atoms with van der Waals surface area (Å²) < 4.78 is 2.11. The summed E-state index contributed by atoms with van der Waals surface area (Å²) in [5, 5.41) is 1.88. The lowest BCUT2D eigenvalue weighted by atomic mass is 9.90. The van der Waals surface area contributed by atoms with Gasteiger partial charge in [-0.25, -0.2) is 4.98 Å². The Morgan fingerprint density at radius 1 is 1.10 bits per heavy atom. The molecule has 5 rings (SSSR count). The van der Waals surface area contributed by atoms with Crippen LogP contribution in [0.4, 0.5) is 0 Å². The minimum absolute atomic E-state index is 0.227. The number of rotatable bonds is 7. The van der Waals surface area contributed by atoms with Crippen molar-refractivity contribution in [1.29, 1.82) is 0 Å². The normalized spacial score (nSPS) is 16.4. The van der Waals surface area contributed by atoms with Crippen LogP contribution in [0.15, 0.2) is 34.2 Å². The van der Waals surface area contributed by atoms with Crippen molar-refractivity contribution >= 4 is 33.3 Å². The van der Waals surface area contributed by atoms with E-state index >= 15 is 0 Å². The zero-order chi connectivity index (χ0) is 21.2. The molecule has 1 saturated carbocycles. The number of benzene rings is 1. The lowest BCUT2D eigenvalue weighted by Gasteiger charge is -2.26. The maximum atomic E-state index is 13.9. The fraction of sp³-hybridized carbons (Fsp3) is 0.538. The fourth-order valence-electron chi connectivity index (χ4n) is 5.23. The predicted octanol–water partition coefficient (Wildman–Crippen LogP) is 7.40. The number of unbranched alkanes of at least 4 members (excludes halogenated alkanes) is 3. The summed E-state index contributed by atoms with van der Waals surface area (Å²) in [6.45, 7) is 2.25. The van der Waals surface area contributed by atoms with Crippen LogP contribution in [0.2, 0.25) is 0 Å². The van der Waals surface area contributed by atoms with Crippen molar-refractivity contribution in [3.63, 3.8) is 0 Å². The van der Waals surface area contributed by atoms with Gasteiger partial charge in [0.1, 0.15) is 4.83 Å². The van der Waals surface area contributed by atoms with Gasteiger partial charge in [-0.15, -0.1) is 11.3 Å². The predicted molar refractivity (Wildman–Crippen MR) is 134 cm³/mol. The van der Waals surface area contributed by atoms with Crippen LogP contribution in [0, 0.1) is 0 Å². The van der Waals surface area contributed by atoms with E-state index in [9.17, 15) is 4.79 Å². The molecule has 0 spiro atoms. The van der Waals surface area contributed by atoms with Crippen molar-refractivity contribution < 1.29 is 0 Å². The minimum atomic E-state index is 0.227. The molecule has 2 aliphatic rings. The molecule has 1 fully saturated rings. The van der Waals surface area contributed by atoms with Gasteiger partial charge in [-0.3, -0.25) is 9.36 Å². The number of hydrogen-bond acceptors (Lipinski definition) is 4. The molecule has 2 aliphatic carbocycles. The average Bonchev–Trinajstić information content (AvgIpc) is 3.19. The highest BCUT2D eigenvalue weighted by molar-refractivity contribution is 7.99. The smallest absolute Gasteiger partial charge is 0.263 e. The summed E-state index contributed by atoms with van der Waals surface area (Å²) in [7, 11) is 0. The zero-order valence-corrected chi connectivity index (χ0v) is 20.1. The van der Waals surface area contributed by atoms with Crippen LogP contribution in [0.25, 0.3) is 20.7 Å². The van der Waals surface area contributed by atoms with Crippen molar-refractivity contribution in [2.45, 2.75) is 88.8 Å². The molecule has 0 unspecified atom stereocenters. The number of nitrogens with zero attached hydrogens (tertiary/aromatic N) is 2. The Hall–Kier alpha value is -1.59. The topological polar surface area (TPSA) is 34.9 Å². The van der Waals surface area contributed by atoms with Crippen molar-refractivity contribution in [1.82, 2.24) is 9.55 Å².